The normalized spacial score (nSPS) is 17.0. The van der Waals surface area contributed by atoms with Crippen LogP contribution in [-0.2, 0) is 16.0 Å². The number of likely N-dealkylation sites (tertiary alicyclic amines) is 1. The molecule has 1 saturated heterocycles. The number of methoxy groups -OCH3 is 1. The Morgan fingerprint density at radius 1 is 1.24 bits per heavy atom. The molecule has 0 aromatic heterocycles. The molecule has 0 spiro atoms. The van der Waals surface area contributed by atoms with E-state index in [-0.39, 0.29) is 5.97 Å². The van der Waals surface area contributed by atoms with Gasteiger partial charge < -0.3 is 14.4 Å². The second-order valence-corrected chi connectivity index (χ2v) is 5.84. The average molecular weight is 291 g/mol. The highest BCUT2D eigenvalue weighted by Gasteiger charge is 2.21. The Morgan fingerprint density at radius 2 is 1.86 bits per heavy atom. The standard InChI is InChI=1S/C17H25NO3/c1-13(2)18-10-8-16(9-11-18)21-15-6-4-14(5-7-15)12-17(19)20-3/h4-7,13,16H,8-12H2,1-3H3. The summed E-state index contributed by atoms with van der Waals surface area (Å²) in [6.45, 7) is 6.67. The zero-order valence-electron chi connectivity index (χ0n) is 13.2. The van der Waals surface area contributed by atoms with E-state index >= 15 is 0 Å². The van der Waals surface area contributed by atoms with E-state index in [1.807, 2.05) is 24.3 Å². The highest BCUT2D eigenvalue weighted by Crippen LogP contribution is 2.20. The van der Waals surface area contributed by atoms with E-state index in [2.05, 4.69) is 23.5 Å². The van der Waals surface area contributed by atoms with Crippen LogP contribution in [0.5, 0.6) is 5.75 Å². The molecule has 1 aliphatic rings. The van der Waals surface area contributed by atoms with E-state index in [0.717, 1.165) is 37.2 Å². The Balaban J connectivity index is 1.82. The van der Waals surface area contributed by atoms with Crippen LogP contribution in [0.1, 0.15) is 32.3 Å². The van der Waals surface area contributed by atoms with Crippen molar-refractivity contribution in [2.45, 2.75) is 45.3 Å². The van der Waals surface area contributed by atoms with Crippen LogP contribution in [0.4, 0.5) is 0 Å². The molecule has 116 valence electrons. The summed E-state index contributed by atoms with van der Waals surface area (Å²) in [5.41, 5.74) is 0.948. The predicted molar refractivity (Wildman–Crippen MR) is 82.5 cm³/mol. The quantitative estimate of drug-likeness (QED) is 0.782. The molecule has 4 nitrogen and oxygen atoms in total. The molecule has 1 aromatic rings. The van der Waals surface area contributed by atoms with Crippen LogP contribution in [0.3, 0.4) is 0 Å². The molecule has 0 atom stereocenters. The van der Waals surface area contributed by atoms with Gasteiger partial charge >= 0.3 is 5.97 Å². The third-order valence-corrected chi connectivity index (χ3v) is 4.01. The Hall–Kier alpha value is -1.55. The summed E-state index contributed by atoms with van der Waals surface area (Å²) in [5.74, 6) is 0.663. The molecule has 1 aliphatic heterocycles. The van der Waals surface area contributed by atoms with Gasteiger partial charge in [-0.1, -0.05) is 12.1 Å². The summed E-state index contributed by atoms with van der Waals surface area (Å²) in [6.07, 6.45) is 2.75. The topological polar surface area (TPSA) is 38.8 Å². The molecule has 1 fully saturated rings. The van der Waals surface area contributed by atoms with Gasteiger partial charge in [-0.15, -0.1) is 0 Å². The summed E-state index contributed by atoms with van der Waals surface area (Å²) in [7, 11) is 1.41. The van der Waals surface area contributed by atoms with Crippen LogP contribution in [0, 0.1) is 0 Å². The van der Waals surface area contributed by atoms with Crippen molar-refractivity contribution in [2.24, 2.45) is 0 Å². The monoisotopic (exact) mass is 291 g/mol. The Kier molecular flexibility index (Phi) is 5.62. The smallest absolute Gasteiger partial charge is 0.309 e. The minimum atomic E-state index is -0.218. The highest BCUT2D eigenvalue weighted by molar-refractivity contribution is 5.72. The maximum Gasteiger partial charge on any atom is 0.309 e. The second-order valence-electron chi connectivity index (χ2n) is 5.84. The third kappa shape index (κ3) is 4.74. The maximum absolute atomic E-state index is 11.2. The van der Waals surface area contributed by atoms with Crippen molar-refractivity contribution in [1.29, 1.82) is 0 Å². The molecule has 0 unspecified atom stereocenters. The molecule has 21 heavy (non-hydrogen) atoms. The number of carbonyl (C=O) groups is 1. The second kappa shape index (κ2) is 7.46. The van der Waals surface area contributed by atoms with E-state index in [9.17, 15) is 4.79 Å². The lowest BCUT2D eigenvalue weighted by molar-refractivity contribution is -0.139. The number of nitrogens with zero attached hydrogens (tertiary/aromatic N) is 1. The van der Waals surface area contributed by atoms with Gasteiger partial charge in [0.1, 0.15) is 11.9 Å². The summed E-state index contributed by atoms with van der Waals surface area (Å²) >= 11 is 0. The van der Waals surface area contributed by atoms with Crippen LogP contribution in [-0.4, -0.2) is 43.2 Å². The van der Waals surface area contributed by atoms with Crippen LogP contribution in [0.15, 0.2) is 24.3 Å². The molecule has 0 bridgehead atoms. The zero-order valence-corrected chi connectivity index (χ0v) is 13.2. The van der Waals surface area contributed by atoms with Gasteiger partial charge in [0.25, 0.3) is 0 Å². The molecule has 0 N–H and O–H groups in total. The van der Waals surface area contributed by atoms with Crippen molar-refractivity contribution in [3.05, 3.63) is 29.8 Å². The van der Waals surface area contributed by atoms with Crippen molar-refractivity contribution >= 4 is 5.97 Å². The van der Waals surface area contributed by atoms with Gasteiger partial charge in [-0.25, -0.2) is 0 Å². The number of carbonyl (C=O) groups excluding carboxylic acids is 1. The molecular formula is C17H25NO3. The largest absolute Gasteiger partial charge is 0.490 e. The summed E-state index contributed by atoms with van der Waals surface area (Å²) in [6, 6.07) is 8.34. The molecular weight excluding hydrogens is 266 g/mol. The Bertz CT molecular complexity index is 448. The van der Waals surface area contributed by atoms with Gasteiger partial charge in [-0.3, -0.25) is 4.79 Å². The predicted octanol–water partition coefficient (Wildman–Crippen LogP) is 2.65. The number of esters is 1. The lowest BCUT2D eigenvalue weighted by atomic mass is 10.1. The van der Waals surface area contributed by atoms with Crippen LogP contribution < -0.4 is 4.74 Å². The van der Waals surface area contributed by atoms with Crippen molar-refractivity contribution in [1.82, 2.24) is 4.90 Å². The average Bonchev–Trinajstić information content (AvgIpc) is 2.49. The Labute approximate surface area is 127 Å². The van der Waals surface area contributed by atoms with E-state index < -0.39 is 0 Å². The highest BCUT2D eigenvalue weighted by atomic mass is 16.5. The summed E-state index contributed by atoms with van der Waals surface area (Å²) in [4.78, 5) is 13.7. The first-order valence-electron chi connectivity index (χ1n) is 7.65. The maximum atomic E-state index is 11.2. The number of rotatable bonds is 5. The van der Waals surface area contributed by atoms with Gasteiger partial charge in [0, 0.05) is 19.1 Å². The molecule has 1 aromatic carbocycles. The summed E-state index contributed by atoms with van der Waals surface area (Å²) < 4.78 is 10.7. The lowest BCUT2D eigenvalue weighted by Gasteiger charge is -2.34. The van der Waals surface area contributed by atoms with Crippen LogP contribution >= 0.6 is 0 Å². The van der Waals surface area contributed by atoms with Gasteiger partial charge in [-0.2, -0.15) is 0 Å². The first kappa shape index (κ1) is 15.8. The van der Waals surface area contributed by atoms with E-state index in [4.69, 9.17) is 4.74 Å². The van der Waals surface area contributed by atoms with Gasteiger partial charge in [0.05, 0.1) is 13.5 Å². The van der Waals surface area contributed by atoms with Gasteiger partial charge in [0.2, 0.25) is 0 Å². The molecule has 0 aliphatic carbocycles. The fourth-order valence-corrected chi connectivity index (χ4v) is 2.63. The third-order valence-electron chi connectivity index (χ3n) is 4.01. The molecule has 4 heteroatoms. The van der Waals surface area contributed by atoms with E-state index in [0.29, 0.717) is 18.6 Å². The number of hydrogen-bond acceptors (Lipinski definition) is 4. The van der Waals surface area contributed by atoms with Crippen molar-refractivity contribution in [2.75, 3.05) is 20.2 Å². The van der Waals surface area contributed by atoms with Crippen molar-refractivity contribution in [3.8, 4) is 5.75 Å². The minimum Gasteiger partial charge on any atom is -0.490 e. The minimum absolute atomic E-state index is 0.218. The summed E-state index contributed by atoms with van der Waals surface area (Å²) in [5, 5.41) is 0. The first-order chi connectivity index (χ1) is 10.1. The number of ether oxygens (including phenoxy) is 2. The van der Waals surface area contributed by atoms with Gasteiger partial charge in [-0.05, 0) is 44.4 Å². The number of piperidine rings is 1. The van der Waals surface area contributed by atoms with E-state index in [1.54, 1.807) is 0 Å². The molecule has 0 saturated carbocycles. The van der Waals surface area contributed by atoms with Crippen molar-refractivity contribution < 1.29 is 14.3 Å². The van der Waals surface area contributed by atoms with Crippen LogP contribution in [0.25, 0.3) is 0 Å². The zero-order chi connectivity index (χ0) is 15.2. The molecule has 0 radical (unpaired) electrons. The fraction of sp³-hybridized carbons (Fsp3) is 0.588. The SMILES string of the molecule is COC(=O)Cc1ccc(OC2CCN(C(C)C)CC2)cc1. The van der Waals surface area contributed by atoms with Crippen LogP contribution in [0.2, 0.25) is 0 Å². The molecule has 2 rings (SSSR count). The van der Waals surface area contributed by atoms with Crippen molar-refractivity contribution in [3.63, 3.8) is 0 Å². The number of hydrogen-bond donors (Lipinski definition) is 0. The fourth-order valence-electron chi connectivity index (χ4n) is 2.63. The first-order valence-corrected chi connectivity index (χ1v) is 7.65. The molecule has 1 heterocycles. The Morgan fingerprint density at radius 3 is 2.38 bits per heavy atom. The lowest BCUT2D eigenvalue weighted by Crippen LogP contribution is -2.41. The van der Waals surface area contributed by atoms with E-state index in [1.165, 1.54) is 7.11 Å². The van der Waals surface area contributed by atoms with Gasteiger partial charge in [0.15, 0.2) is 0 Å². The molecule has 0 amide bonds. The number of benzene rings is 1.